The van der Waals surface area contributed by atoms with Gasteiger partial charge in [0, 0.05) is 0 Å². The van der Waals surface area contributed by atoms with Crippen molar-refractivity contribution < 1.29 is 9.90 Å². The summed E-state index contributed by atoms with van der Waals surface area (Å²) in [6.45, 7) is 1.72. The van der Waals surface area contributed by atoms with Crippen molar-refractivity contribution >= 4 is 11.9 Å². The van der Waals surface area contributed by atoms with Crippen LogP contribution in [0.25, 0.3) is 0 Å². The molecule has 1 heterocycles. The van der Waals surface area contributed by atoms with Gasteiger partial charge in [0.15, 0.2) is 12.0 Å². The number of carbonyl (C=O) groups is 1. The Morgan fingerprint density at radius 3 is 2.70 bits per heavy atom. The molecule has 0 radical (unpaired) electrons. The average Bonchev–Trinajstić information content (AvgIpc) is 2.10. The zero-order chi connectivity index (χ0) is 7.72. The van der Waals surface area contributed by atoms with E-state index in [2.05, 4.69) is 10.3 Å². The predicted octanol–water partition coefficient (Wildman–Crippen LogP) is -1.25. The Hall–Kier alpha value is -1.26. The summed E-state index contributed by atoms with van der Waals surface area (Å²) >= 11 is 0. The second-order valence-electron chi connectivity index (χ2n) is 2.23. The van der Waals surface area contributed by atoms with Crippen molar-refractivity contribution in [3.8, 4) is 0 Å². The normalized spacial score (nSPS) is 31.1. The lowest BCUT2D eigenvalue weighted by atomic mass is 10.2. The van der Waals surface area contributed by atoms with Gasteiger partial charge >= 0.3 is 5.97 Å². The molecule has 0 aromatic carbocycles. The minimum atomic E-state index is -0.944. The monoisotopic (exact) mass is 143 g/mol. The quantitative estimate of drug-likeness (QED) is 0.428. The van der Waals surface area contributed by atoms with Gasteiger partial charge in [0.25, 0.3) is 0 Å². The van der Waals surface area contributed by atoms with Gasteiger partial charge in [-0.2, -0.15) is 0 Å². The van der Waals surface area contributed by atoms with Gasteiger partial charge in [-0.15, -0.1) is 0 Å². The van der Waals surface area contributed by atoms with Crippen LogP contribution in [-0.2, 0) is 4.79 Å². The van der Waals surface area contributed by atoms with E-state index < -0.39 is 12.0 Å². The fraction of sp³-hybridized carbons (Fsp3) is 0.600. The van der Waals surface area contributed by atoms with Gasteiger partial charge in [0.1, 0.15) is 0 Å². The molecule has 1 aliphatic heterocycles. The van der Waals surface area contributed by atoms with Crippen molar-refractivity contribution in [1.82, 2.24) is 5.32 Å². The van der Waals surface area contributed by atoms with Crippen LogP contribution in [0, 0.1) is 0 Å². The van der Waals surface area contributed by atoms with Gasteiger partial charge in [0.2, 0.25) is 0 Å². The Kier molecular flexibility index (Phi) is 1.48. The smallest absolute Gasteiger partial charge is 0.330 e. The Morgan fingerprint density at radius 2 is 2.50 bits per heavy atom. The fourth-order valence-corrected chi connectivity index (χ4v) is 0.880. The molecule has 10 heavy (non-hydrogen) atoms. The van der Waals surface area contributed by atoms with E-state index in [0.717, 1.165) is 0 Å². The third-order valence-electron chi connectivity index (χ3n) is 1.38. The average molecular weight is 143 g/mol. The lowest BCUT2D eigenvalue weighted by Gasteiger charge is -2.06. The summed E-state index contributed by atoms with van der Waals surface area (Å²) in [5.74, 6) is -0.736. The Morgan fingerprint density at radius 1 is 1.90 bits per heavy atom. The maximum absolute atomic E-state index is 10.4. The van der Waals surface area contributed by atoms with Crippen molar-refractivity contribution in [2.75, 3.05) is 0 Å². The number of carboxylic acids is 1. The van der Waals surface area contributed by atoms with E-state index in [-0.39, 0.29) is 12.0 Å². The van der Waals surface area contributed by atoms with Crippen LogP contribution in [0.4, 0.5) is 0 Å². The van der Waals surface area contributed by atoms with E-state index in [9.17, 15) is 4.79 Å². The van der Waals surface area contributed by atoms with Gasteiger partial charge in [-0.3, -0.25) is 0 Å². The van der Waals surface area contributed by atoms with Crippen LogP contribution in [0.15, 0.2) is 4.99 Å². The van der Waals surface area contributed by atoms with Gasteiger partial charge < -0.3 is 16.2 Å². The summed E-state index contributed by atoms with van der Waals surface area (Å²) in [6, 6.07) is -0.919. The molecular weight excluding hydrogens is 134 g/mol. The first-order chi connectivity index (χ1) is 4.61. The van der Waals surface area contributed by atoms with E-state index in [0.29, 0.717) is 0 Å². The molecule has 56 valence electrons. The van der Waals surface area contributed by atoms with Crippen LogP contribution in [0.5, 0.6) is 0 Å². The van der Waals surface area contributed by atoms with Crippen molar-refractivity contribution in [2.45, 2.75) is 19.0 Å². The molecule has 0 spiro atoms. The molecule has 0 bridgehead atoms. The maximum atomic E-state index is 10.4. The first-order valence-corrected chi connectivity index (χ1v) is 2.94. The highest BCUT2D eigenvalue weighted by molar-refractivity contribution is 5.87. The van der Waals surface area contributed by atoms with E-state index in [1.807, 2.05) is 0 Å². The maximum Gasteiger partial charge on any atom is 0.330 e. The van der Waals surface area contributed by atoms with Crippen LogP contribution in [-0.4, -0.2) is 29.1 Å². The van der Waals surface area contributed by atoms with E-state index >= 15 is 0 Å². The summed E-state index contributed by atoms with van der Waals surface area (Å²) in [7, 11) is 0. The number of nitrogens with two attached hydrogens (primary N) is 1. The van der Waals surface area contributed by atoms with Crippen LogP contribution in [0.1, 0.15) is 6.92 Å². The summed E-state index contributed by atoms with van der Waals surface area (Å²) in [6.07, 6.45) is 0. The molecule has 1 aliphatic rings. The number of carboxylic acid groups (broad SMARTS) is 1. The van der Waals surface area contributed by atoms with Crippen LogP contribution in [0.2, 0.25) is 0 Å². The van der Waals surface area contributed by atoms with E-state index in [1.54, 1.807) is 6.92 Å². The van der Waals surface area contributed by atoms with Crippen LogP contribution >= 0.6 is 0 Å². The molecule has 0 aromatic heterocycles. The van der Waals surface area contributed by atoms with Crippen LogP contribution in [0.3, 0.4) is 0 Å². The number of aliphatic carboxylic acids is 1. The number of guanidine groups is 1. The Bertz CT molecular complexity index is 189. The van der Waals surface area contributed by atoms with E-state index in [1.165, 1.54) is 0 Å². The third-order valence-corrected chi connectivity index (χ3v) is 1.38. The molecule has 4 N–H and O–H groups in total. The zero-order valence-electron chi connectivity index (χ0n) is 5.53. The number of nitrogens with one attached hydrogen (secondary N) is 1. The molecule has 0 aromatic rings. The van der Waals surface area contributed by atoms with Crippen molar-refractivity contribution in [1.29, 1.82) is 0 Å². The topological polar surface area (TPSA) is 87.7 Å². The minimum Gasteiger partial charge on any atom is -0.480 e. The molecular formula is C5H9N3O2. The number of rotatable bonds is 1. The lowest BCUT2D eigenvalue weighted by Crippen LogP contribution is -2.38. The lowest BCUT2D eigenvalue weighted by molar-refractivity contribution is -0.138. The molecule has 5 heteroatoms. The largest absolute Gasteiger partial charge is 0.480 e. The first-order valence-electron chi connectivity index (χ1n) is 2.94. The van der Waals surface area contributed by atoms with Gasteiger partial charge in [-0.25, -0.2) is 9.79 Å². The molecule has 2 atom stereocenters. The number of hydrogen-bond acceptors (Lipinski definition) is 4. The summed E-state index contributed by atoms with van der Waals surface area (Å²) < 4.78 is 0. The standard InChI is InChI=1S/C5H9N3O2/c1-2-3(4(9)10)8-5(6)7-2/h2-3H,1H3,(H,9,10)(H3,6,7,8). The SMILES string of the molecule is CC1NC(N)=NC1C(=O)O. The third kappa shape index (κ3) is 1.02. The highest BCUT2D eigenvalue weighted by Crippen LogP contribution is 2.04. The number of hydrogen-bond donors (Lipinski definition) is 3. The summed E-state index contributed by atoms with van der Waals surface area (Å²) in [5, 5.41) is 11.2. The van der Waals surface area contributed by atoms with Crippen LogP contribution < -0.4 is 11.1 Å². The molecule has 0 saturated carbocycles. The summed E-state index contributed by atoms with van der Waals surface area (Å²) in [4.78, 5) is 14.0. The second-order valence-corrected chi connectivity index (χ2v) is 2.23. The van der Waals surface area contributed by atoms with Crippen molar-refractivity contribution in [3.63, 3.8) is 0 Å². The molecule has 1 rings (SSSR count). The molecule has 0 fully saturated rings. The molecule has 0 aliphatic carbocycles. The second kappa shape index (κ2) is 2.17. The first kappa shape index (κ1) is 6.85. The summed E-state index contributed by atoms with van der Waals surface area (Å²) in [5.41, 5.74) is 5.23. The zero-order valence-corrected chi connectivity index (χ0v) is 5.53. The van der Waals surface area contributed by atoms with Crippen molar-refractivity contribution in [3.05, 3.63) is 0 Å². The molecule has 5 nitrogen and oxygen atoms in total. The fourth-order valence-electron chi connectivity index (χ4n) is 0.880. The predicted molar refractivity (Wildman–Crippen MR) is 35.6 cm³/mol. The minimum absolute atomic E-state index is 0.197. The van der Waals surface area contributed by atoms with Gasteiger partial charge in [-0.1, -0.05) is 0 Å². The Balaban J connectivity index is 2.69. The molecule has 0 amide bonds. The van der Waals surface area contributed by atoms with E-state index in [4.69, 9.17) is 10.8 Å². The van der Waals surface area contributed by atoms with Crippen molar-refractivity contribution in [2.24, 2.45) is 10.7 Å². The highest BCUT2D eigenvalue weighted by Gasteiger charge is 2.29. The van der Waals surface area contributed by atoms with Gasteiger partial charge in [0.05, 0.1) is 6.04 Å². The number of aliphatic imine (C=N–C) groups is 1. The number of nitrogens with zero attached hydrogens (tertiary/aromatic N) is 1. The van der Waals surface area contributed by atoms with Gasteiger partial charge in [-0.05, 0) is 6.92 Å². The highest BCUT2D eigenvalue weighted by atomic mass is 16.4. The Labute approximate surface area is 57.9 Å². The molecule has 2 unspecified atom stereocenters. The molecule has 0 saturated heterocycles.